The molecule has 4 nitrogen and oxygen atoms in total. The van der Waals surface area contributed by atoms with E-state index in [1.807, 2.05) is 32.9 Å². The van der Waals surface area contributed by atoms with Gasteiger partial charge in [-0.05, 0) is 13.8 Å². The Labute approximate surface area is 90.2 Å². The Morgan fingerprint density at radius 2 is 2.13 bits per heavy atom. The first kappa shape index (κ1) is 11.5. The van der Waals surface area contributed by atoms with Crippen molar-refractivity contribution in [3.05, 3.63) is 23.5 Å². The van der Waals surface area contributed by atoms with Gasteiger partial charge in [0.15, 0.2) is 0 Å². The topological polar surface area (TPSA) is 61.0 Å². The van der Waals surface area contributed by atoms with Crippen molar-refractivity contribution >= 4 is 5.82 Å². The number of rotatable bonds is 4. The lowest BCUT2D eigenvalue weighted by molar-refractivity contribution is 0.343. The zero-order valence-electron chi connectivity index (χ0n) is 9.45. The molecular weight excluding hydrogens is 190 g/mol. The van der Waals surface area contributed by atoms with E-state index < -0.39 is 0 Å². The molecule has 0 spiro atoms. The molecule has 1 heterocycles. The zero-order chi connectivity index (χ0) is 11.3. The normalized spacial score (nSPS) is 10.9. The second kappa shape index (κ2) is 5.34. The second-order valence-electron chi connectivity index (χ2n) is 3.19. The highest BCUT2D eigenvalue weighted by atomic mass is 16.5. The molecule has 1 aromatic rings. The number of nitrogens with two attached hydrogens (primary N) is 1. The largest absolute Gasteiger partial charge is 0.473 e. The van der Waals surface area contributed by atoms with Crippen molar-refractivity contribution in [1.29, 1.82) is 0 Å². The van der Waals surface area contributed by atoms with Crippen LogP contribution in [0.25, 0.3) is 0 Å². The molecule has 0 bridgehead atoms. The van der Waals surface area contributed by atoms with Crippen molar-refractivity contribution in [3.8, 4) is 5.88 Å². The molecule has 0 saturated heterocycles. The number of nitrogen functional groups attached to an aromatic ring is 1. The average Bonchev–Trinajstić information content (AvgIpc) is 2.24. The highest BCUT2D eigenvalue weighted by Crippen LogP contribution is 2.19. The summed E-state index contributed by atoms with van der Waals surface area (Å²) in [7, 11) is 0. The van der Waals surface area contributed by atoms with E-state index in [4.69, 9.17) is 10.5 Å². The fourth-order valence-corrected chi connectivity index (χ4v) is 1.08. The fourth-order valence-electron chi connectivity index (χ4n) is 1.08. The molecule has 82 valence electrons. The van der Waals surface area contributed by atoms with Gasteiger partial charge in [-0.1, -0.05) is 19.1 Å². The molecule has 0 aromatic carbocycles. The van der Waals surface area contributed by atoms with Gasteiger partial charge in [-0.25, -0.2) is 4.98 Å². The summed E-state index contributed by atoms with van der Waals surface area (Å²) < 4.78 is 5.48. The molecule has 1 rings (SSSR count). The summed E-state index contributed by atoms with van der Waals surface area (Å²) in [4.78, 5) is 8.42. The van der Waals surface area contributed by atoms with Crippen LogP contribution in [-0.2, 0) is 6.42 Å². The van der Waals surface area contributed by atoms with E-state index in [9.17, 15) is 0 Å². The number of anilines is 1. The Hall–Kier alpha value is -1.58. The molecule has 0 amide bonds. The first-order valence-electron chi connectivity index (χ1n) is 5.06. The Kier molecular flexibility index (Phi) is 4.09. The van der Waals surface area contributed by atoms with E-state index in [-0.39, 0.29) is 0 Å². The number of aromatic nitrogens is 2. The van der Waals surface area contributed by atoms with Crippen LogP contribution < -0.4 is 10.5 Å². The molecule has 0 unspecified atom stereocenters. The van der Waals surface area contributed by atoms with Gasteiger partial charge in [0, 0.05) is 6.42 Å². The molecule has 0 aliphatic rings. The minimum absolute atomic E-state index is 0.498. The highest BCUT2D eigenvalue weighted by Gasteiger charge is 2.07. The number of hydrogen-bond acceptors (Lipinski definition) is 4. The van der Waals surface area contributed by atoms with E-state index >= 15 is 0 Å². The zero-order valence-corrected chi connectivity index (χ0v) is 9.45. The molecule has 0 radical (unpaired) electrons. The minimum Gasteiger partial charge on any atom is -0.473 e. The molecule has 15 heavy (non-hydrogen) atoms. The smallest absolute Gasteiger partial charge is 0.222 e. The Balaban J connectivity index is 2.89. The first-order valence-corrected chi connectivity index (χ1v) is 5.06. The Morgan fingerprint density at radius 1 is 1.40 bits per heavy atom. The third-order valence-corrected chi connectivity index (χ3v) is 2.05. The number of allylic oxidation sites excluding steroid dienone is 1. The summed E-state index contributed by atoms with van der Waals surface area (Å²) in [6, 6.07) is 0. The molecule has 0 atom stereocenters. The fraction of sp³-hybridized carbons (Fsp3) is 0.455. The lowest BCUT2D eigenvalue weighted by Crippen LogP contribution is -2.06. The highest BCUT2D eigenvalue weighted by molar-refractivity contribution is 5.44. The quantitative estimate of drug-likeness (QED) is 0.766. The molecule has 0 aliphatic carbocycles. The third kappa shape index (κ3) is 2.94. The molecule has 0 aliphatic heterocycles. The summed E-state index contributed by atoms with van der Waals surface area (Å²) in [5.74, 6) is 1.79. The van der Waals surface area contributed by atoms with Crippen LogP contribution in [0.2, 0.25) is 0 Å². The SMILES string of the molecule is C/C=C/COc1nc(CC)nc(N)c1C. The van der Waals surface area contributed by atoms with Gasteiger partial charge in [-0.2, -0.15) is 4.98 Å². The maximum Gasteiger partial charge on any atom is 0.222 e. The average molecular weight is 207 g/mol. The van der Waals surface area contributed by atoms with Crippen molar-refractivity contribution < 1.29 is 4.74 Å². The van der Waals surface area contributed by atoms with Gasteiger partial charge in [0.25, 0.3) is 0 Å². The van der Waals surface area contributed by atoms with Crippen LogP contribution in [0, 0.1) is 6.92 Å². The van der Waals surface area contributed by atoms with Crippen molar-refractivity contribution in [3.63, 3.8) is 0 Å². The van der Waals surface area contributed by atoms with Crippen LogP contribution >= 0.6 is 0 Å². The van der Waals surface area contributed by atoms with Gasteiger partial charge in [-0.3, -0.25) is 0 Å². The third-order valence-electron chi connectivity index (χ3n) is 2.05. The number of nitrogens with zero attached hydrogens (tertiary/aromatic N) is 2. The van der Waals surface area contributed by atoms with Gasteiger partial charge >= 0.3 is 0 Å². The van der Waals surface area contributed by atoms with Crippen molar-refractivity contribution in [2.45, 2.75) is 27.2 Å². The van der Waals surface area contributed by atoms with E-state index in [0.29, 0.717) is 24.1 Å². The Morgan fingerprint density at radius 3 is 2.73 bits per heavy atom. The minimum atomic E-state index is 0.498. The molecule has 2 N–H and O–H groups in total. The molecule has 0 saturated carbocycles. The molecule has 4 heteroatoms. The van der Waals surface area contributed by atoms with Crippen LogP contribution in [0.4, 0.5) is 5.82 Å². The lowest BCUT2D eigenvalue weighted by atomic mass is 10.3. The van der Waals surface area contributed by atoms with Gasteiger partial charge in [0.1, 0.15) is 18.2 Å². The predicted octanol–water partition coefficient (Wildman–Crippen LogP) is 1.88. The number of ether oxygens (including phenoxy) is 1. The van der Waals surface area contributed by atoms with E-state index in [2.05, 4.69) is 9.97 Å². The van der Waals surface area contributed by atoms with Crippen LogP contribution in [0.15, 0.2) is 12.2 Å². The van der Waals surface area contributed by atoms with E-state index in [1.165, 1.54) is 0 Å². The second-order valence-corrected chi connectivity index (χ2v) is 3.19. The maximum atomic E-state index is 5.75. The molecular formula is C11H17N3O. The van der Waals surface area contributed by atoms with Crippen LogP contribution in [-0.4, -0.2) is 16.6 Å². The summed E-state index contributed by atoms with van der Waals surface area (Å²) in [5, 5.41) is 0. The van der Waals surface area contributed by atoms with Crippen molar-refractivity contribution in [1.82, 2.24) is 9.97 Å². The monoisotopic (exact) mass is 207 g/mol. The van der Waals surface area contributed by atoms with Crippen LogP contribution in [0.3, 0.4) is 0 Å². The van der Waals surface area contributed by atoms with Crippen LogP contribution in [0.1, 0.15) is 25.2 Å². The molecule has 0 fully saturated rings. The van der Waals surface area contributed by atoms with Crippen molar-refractivity contribution in [2.75, 3.05) is 12.3 Å². The van der Waals surface area contributed by atoms with Gasteiger partial charge in [0.05, 0.1) is 5.56 Å². The van der Waals surface area contributed by atoms with Gasteiger partial charge in [-0.15, -0.1) is 0 Å². The first-order chi connectivity index (χ1) is 7.19. The van der Waals surface area contributed by atoms with Crippen LogP contribution in [0.5, 0.6) is 5.88 Å². The maximum absolute atomic E-state index is 5.75. The summed E-state index contributed by atoms with van der Waals surface area (Å²) in [6.45, 7) is 6.30. The van der Waals surface area contributed by atoms with E-state index in [0.717, 1.165) is 12.0 Å². The summed E-state index contributed by atoms with van der Waals surface area (Å²) >= 11 is 0. The Bertz CT molecular complexity index is 361. The number of aryl methyl sites for hydroxylation is 1. The van der Waals surface area contributed by atoms with Crippen molar-refractivity contribution in [2.24, 2.45) is 0 Å². The molecule has 1 aromatic heterocycles. The van der Waals surface area contributed by atoms with Gasteiger partial charge in [0.2, 0.25) is 5.88 Å². The number of hydrogen-bond donors (Lipinski definition) is 1. The van der Waals surface area contributed by atoms with E-state index in [1.54, 1.807) is 0 Å². The lowest BCUT2D eigenvalue weighted by Gasteiger charge is -2.09. The van der Waals surface area contributed by atoms with Gasteiger partial charge < -0.3 is 10.5 Å². The predicted molar refractivity (Wildman–Crippen MR) is 60.9 cm³/mol. The standard InChI is InChI=1S/C11H17N3O/c1-4-6-7-15-11-8(3)10(12)13-9(5-2)14-11/h4,6H,5,7H2,1-3H3,(H2,12,13,14)/b6-4+. The summed E-state index contributed by atoms with van der Waals surface area (Å²) in [5.41, 5.74) is 6.55. The summed E-state index contributed by atoms with van der Waals surface area (Å²) in [6.07, 6.45) is 4.61.